The number of benzene rings is 3. The highest BCUT2D eigenvalue weighted by Crippen LogP contribution is 2.26. The molecule has 0 aromatic heterocycles. The van der Waals surface area contributed by atoms with Crippen molar-refractivity contribution < 1.29 is 22.7 Å². The molecule has 0 aliphatic heterocycles. The number of esters is 1. The SMILES string of the molecule is CCOC(=O)CC(NS(=O)(=O)c1ccccc1)c1cccc(N(NC(=N)N)C(=O)c2ccccc2)c1. The smallest absolute Gasteiger partial charge is 0.307 e. The first kappa shape index (κ1) is 26.4. The number of hydrogen-bond donors (Lipinski definition) is 4. The van der Waals surface area contributed by atoms with Crippen LogP contribution in [0.5, 0.6) is 0 Å². The van der Waals surface area contributed by atoms with Gasteiger partial charge in [-0.25, -0.2) is 18.1 Å². The summed E-state index contributed by atoms with van der Waals surface area (Å²) in [6.07, 6.45) is -0.282. The molecule has 3 aromatic rings. The Morgan fingerprint density at radius 2 is 1.64 bits per heavy atom. The van der Waals surface area contributed by atoms with Crippen molar-refractivity contribution in [3.63, 3.8) is 0 Å². The van der Waals surface area contributed by atoms with E-state index in [1.807, 2.05) is 0 Å². The summed E-state index contributed by atoms with van der Waals surface area (Å²) in [4.78, 5) is 25.5. The van der Waals surface area contributed by atoms with Crippen molar-refractivity contribution in [3.8, 4) is 0 Å². The molecule has 0 saturated heterocycles. The molecule has 0 aliphatic rings. The fourth-order valence-corrected chi connectivity index (χ4v) is 4.66. The molecule has 0 fully saturated rings. The van der Waals surface area contributed by atoms with Crippen LogP contribution < -0.4 is 20.9 Å². The second-order valence-corrected chi connectivity index (χ2v) is 9.34. The van der Waals surface area contributed by atoms with Gasteiger partial charge in [-0.05, 0) is 48.9 Å². The molecule has 0 heterocycles. The van der Waals surface area contributed by atoms with E-state index in [0.29, 0.717) is 11.1 Å². The van der Waals surface area contributed by atoms with Gasteiger partial charge in [0.2, 0.25) is 16.0 Å². The number of hydrogen-bond acceptors (Lipinski definition) is 6. The fraction of sp³-hybridized carbons (Fsp3) is 0.160. The number of sulfonamides is 1. The molecule has 1 atom stereocenters. The molecule has 0 radical (unpaired) electrons. The van der Waals surface area contributed by atoms with Gasteiger partial charge in [-0.3, -0.25) is 20.4 Å². The number of nitrogens with zero attached hydrogens (tertiary/aromatic N) is 1. The summed E-state index contributed by atoms with van der Waals surface area (Å²) in [6, 6.07) is 21.5. The molecule has 10 nitrogen and oxygen atoms in total. The molecule has 0 spiro atoms. The summed E-state index contributed by atoms with van der Waals surface area (Å²) in [6.45, 7) is 1.79. The number of guanidine groups is 1. The number of amides is 1. The zero-order valence-electron chi connectivity index (χ0n) is 19.5. The number of rotatable bonds is 9. The summed E-state index contributed by atoms with van der Waals surface area (Å²) in [5.74, 6) is -1.56. The minimum atomic E-state index is -3.99. The maximum absolute atomic E-state index is 13.2. The Hall–Kier alpha value is -4.22. The highest BCUT2D eigenvalue weighted by Gasteiger charge is 2.26. The maximum atomic E-state index is 13.2. The van der Waals surface area contributed by atoms with E-state index in [0.717, 1.165) is 5.01 Å². The zero-order valence-corrected chi connectivity index (χ0v) is 20.4. The lowest BCUT2D eigenvalue weighted by atomic mass is 10.0. The van der Waals surface area contributed by atoms with E-state index in [1.54, 1.807) is 73.7 Å². The number of carbonyl (C=O) groups is 2. The summed E-state index contributed by atoms with van der Waals surface area (Å²) in [5, 5.41) is 8.72. The van der Waals surface area contributed by atoms with Gasteiger partial charge in [-0.2, -0.15) is 0 Å². The molecular weight excluding hydrogens is 482 g/mol. The molecule has 0 saturated carbocycles. The quantitative estimate of drug-likeness (QED) is 0.150. The summed E-state index contributed by atoms with van der Waals surface area (Å²) >= 11 is 0. The van der Waals surface area contributed by atoms with Gasteiger partial charge in [0, 0.05) is 5.56 Å². The van der Waals surface area contributed by atoms with E-state index >= 15 is 0 Å². The van der Waals surface area contributed by atoms with E-state index in [1.165, 1.54) is 18.2 Å². The first-order valence-corrected chi connectivity index (χ1v) is 12.5. The lowest BCUT2D eigenvalue weighted by Crippen LogP contribution is -2.49. The van der Waals surface area contributed by atoms with E-state index in [-0.39, 0.29) is 23.6 Å². The van der Waals surface area contributed by atoms with Crippen molar-refractivity contribution in [3.05, 3.63) is 96.1 Å². The molecule has 0 bridgehead atoms. The van der Waals surface area contributed by atoms with Crippen LogP contribution >= 0.6 is 0 Å². The van der Waals surface area contributed by atoms with E-state index < -0.39 is 33.9 Å². The van der Waals surface area contributed by atoms with Crippen LogP contribution in [0, 0.1) is 5.41 Å². The van der Waals surface area contributed by atoms with Gasteiger partial charge in [-0.1, -0.05) is 48.5 Å². The molecule has 11 heteroatoms. The highest BCUT2D eigenvalue weighted by atomic mass is 32.2. The molecule has 188 valence electrons. The number of anilines is 1. The fourth-order valence-electron chi connectivity index (χ4n) is 3.41. The van der Waals surface area contributed by atoms with E-state index in [9.17, 15) is 18.0 Å². The Balaban J connectivity index is 2.00. The highest BCUT2D eigenvalue weighted by molar-refractivity contribution is 7.89. The van der Waals surface area contributed by atoms with Crippen molar-refractivity contribution in [2.24, 2.45) is 5.73 Å². The third-order valence-corrected chi connectivity index (χ3v) is 6.50. The topological polar surface area (TPSA) is 155 Å². The Morgan fingerprint density at radius 1 is 1.00 bits per heavy atom. The van der Waals surface area contributed by atoms with Gasteiger partial charge in [0.1, 0.15) is 0 Å². The number of ether oxygens (including phenoxy) is 1. The minimum absolute atomic E-state index is 0.0362. The Kier molecular flexibility index (Phi) is 8.76. The molecular formula is C25H27N5O5S. The van der Waals surface area contributed by atoms with Crippen LogP contribution in [0.2, 0.25) is 0 Å². The van der Waals surface area contributed by atoms with Gasteiger partial charge in [0.15, 0.2) is 0 Å². The Morgan fingerprint density at radius 3 is 2.25 bits per heavy atom. The molecule has 5 N–H and O–H groups in total. The van der Waals surface area contributed by atoms with Crippen LogP contribution in [0.15, 0.2) is 89.8 Å². The standard InChI is InChI=1S/C25H27N5O5S/c1-2-35-23(31)17-22(29-36(33,34)21-14-7-4-8-15-21)19-12-9-13-20(16-19)30(28-25(26)27)24(32)18-10-5-3-6-11-18/h3-16,22,29H,2,17H2,1H3,(H4,26,27,28). The van der Waals surface area contributed by atoms with E-state index in [2.05, 4.69) is 10.1 Å². The molecule has 36 heavy (non-hydrogen) atoms. The number of nitrogens with one attached hydrogen (secondary N) is 3. The first-order chi connectivity index (χ1) is 17.2. The van der Waals surface area contributed by atoms with Crippen molar-refractivity contribution in [1.29, 1.82) is 5.41 Å². The van der Waals surface area contributed by atoms with Gasteiger partial charge in [-0.15, -0.1) is 0 Å². The van der Waals surface area contributed by atoms with Gasteiger partial charge >= 0.3 is 5.97 Å². The summed E-state index contributed by atoms with van der Waals surface area (Å²) < 4.78 is 33.7. The molecule has 3 aromatic carbocycles. The third kappa shape index (κ3) is 6.90. The van der Waals surface area contributed by atoms with Crippen LogP contribution in [0.25, 0.3) is 0 Å². The van der Waals surface area contributed by atoms with Crippen LogP contribution in [0.1, 0.15) is 35.3 Å². The van der Waals surface area contributed by atoms with Crippen molar-refractivity contribution >= 4 is 33.5 Å². The monoisotopic (exact) mass is 509 g/mol. The molecule has 3 rings (SSSR count). The average molecular weight is 510 g/mol. The normalized spacial score (nSPS) is 11.8. The number of hydrazine groups is 1. The maximum Gasteiger partial charge on any atom is 0.307 e. The van der Waals surface area contributed by atoms with Gasteiger partial charge in [0.05, 0.1) is 29.7 Å². The Bertz CT molecular complexity index is 1320. The zero-order chi connectivity index (χ0) is 26.1. The molecule has 1 amide bonds. The molecule has 1 unspecified atom stereocenters. The van der Waals surface area contributed by atoms with E-state index in [4.69, 9.17) is 15.9 Å². The average Bonchev–Trinajstić information content (AvgIpc) is 2.87. The third-order valence-electron chi connectivity index (χ3n) is 5.01. The van der Waals surface area contributed by atoms with Crippen LogP contribution in [0.3, 0.4) is 0 Å². The number of nitrogens with two attached hydrogens (primary N) is 1. The lowest BCUT2D eigenvalue weighted by molar-refractivity contribution is -0.143. The second kappa shape index (κ2) is 12.0. The number of carbonyl (C=O) groups excluding carboxylic acids is 2. The molecule has 0 aliphatic carbocycles. The summed E-state index contributed by atoms with van der Waals surface area (Å²) in [5.41, 5.74) is 9.05. The predicted molar refractivity (Wildman–Crippen MR) is 135 cm³/mol. The van der Waals surface area contributed by atoms with Crippen molar-refractivity contribution in [2.45, 2.75) is 24.3 Å². The lowest BCUT2D eigenvalue weighted by Gasteiger charge is -2.25. The van der Waals surface area contributed by atoms with Crippen LogP contribution in [-0.2, 0) is 19.6 Å². The Labute approximate surface area is 209 Å². The van der Waals surface area contributed by atoms with Crippen molar-refractivity contribution in [2.75, 3.05) is 11.6 Å². The minimum Gasteiger partial charge on any atom is -0.466 e. The van der Waals surface area contributed by atoms with Crippen LogP contribution in [0.4, 0.5) is 5.69 Å². The van der Waals surface area contributed by atoms with Gasteiger partial charge in [0.25, 0.3) is 5.91 Å². The summed E-state index contributed by atoms with van der Waals surface area (Å²) in [7, 11) is -3.99. The van der Waals surface area contributed by atoms with Gasteiger partial charge < -0.3 is 10.5 Å². The van der Waals surface area contributed by atoms with Crippen molar-refractivity contribution in [1.82, 2.24) is 10.1 Å². The largest absolute Gasteiger partial charge is 0.466 e. The first-order valence-electron chi connectivity index (χ1n) is 11.0. The van der Waals surface area contributed by atoms with Crippen LogP contribution in [-0.4, -0.2) is 32.9 Å². The predicted octanol–water partition coefficient (Wildman–Crippen LogP) is 2.70. The second-order valence-electron chi connectivity index (χ2n) is 7.62.